The first-order valence-corrected chi connectivity index (χ1v) is 11.8. The van der Waals surface area contributed by atoms with Crippen molar-refractivity contribution in [3.8, 4) is 11.5 Å². The Balaban J connectivity index is 1.57. The summed E-state index contributed by atoms with van der Waals surface area (Å²) in [6.07, 6.45) is 0.698. The Labute approximate surface area is 192 Å². The van der Waals surface area contributed by atoms with Crippen molar-refractivity contribution in [2.75, 3.05) is 13.7 Å². The monoisotopic (exact) mass is 478 g/mol. The van der Waals surface area contributed by atoms with Gasteiger partial charge in [-0.2, -0.15) is 0 Å². The zero-order valence-electron chi connectivity index (χ0n) is 17.5. The fraction of sp³-hybridized carbons (Fsp3) is 0.217. The standard InChI is InChI=1S/C23H24ClFN2O4S/c1-30-22-12-18(14-27-11-10-16-6-8-19(9-7-16)32(26,28)29)20(24)13-23(22)31-15-17-4-2-3-5-21(17)25/h2-9,12-13,27H,10-11,14-15H2,1H3,(H2,26,28,29). The summed E-state index contributed by atoms with van der Waals surface area (Å²) in [6, 6.07) is 16.3. The van der Waals surface area contributed by atoms with Gasteiger partial charge in [-0.15, -0.1) is 0 Å². The van der Waals surface area contributed by atoms with Crippen LogP contribution in [0.4, 0.5) is 4.39 Å². The first kappa shape index (κ1) is 24.0. The lowest BCUT2D eigenvalue weighted by Gasteiger charge is -2.14. The molecule has 32 heavy (non-hydrogen) atoms. The second-order valence-corrected chi connectivity index (χ2v) is 9.06. The van der Waals surface area contributed by atoms with Gasteiger partial charge in [0.1, 0.15) is 12.4 Å². The van der Waals surface area contributed by atoms with E-state index in [9.17, 15) is 12.8 Å². The Hall–Kier alpha value is -2.65. The highest BCUT2D eigenvalue weighted by molar-refractivity contribution is 7.89. The molecule has 0 saturated carbocycles. The van der Waals surface area contributed by atoms with Crippen LogP contribution < -0.4 is 19.9 Å². The van der Waals surface area contributed by atoms with Gasteiger partial charge in [-0.3, -0.25) is 0 Å². The first-order chi connectivity index (χ1) is 15.3. The van der Waals surface area contributed by atoms with Crippen LogP contribution in [0.3, 0.4) is 0 Å². The summed E-state index contributed by atoms with van der Waals surface area (Å²) in [4.78, 5) is 0.0883. The largest absolute Gasteiger partial charge is 0.493 e. The van der Waals surface area contributed by atoms with E-state index in [4.69, 9.17) is 26.2 Å². The Morgan fingerprint density at radius 1 is 1.03 bits per heavy atom. The molecule has 0 unspecified atom stereocenters. The van der Waals surface area contributed by atoms with Gasteiger partial charge >= 0.3 is 0 Å². The van der Waals surface area contributed by atoms with Crippen LogP contribution in [0.2, 0.25) is 5.02 Å². The first-order valence-electron chi connectivity index (χ1n) is 9.83. The van der Waals surface area contributed by atoms with Gasteiger partial charge in [-0.05, 0) is 48.4 Å². The summed E-state index contributed by atoms with van der Waals surface area (Å²) in [6.45, 7) is 1.21. The van der Waals surface area contributed by atoms with Crippen molar-refractivity contribution in [3.63, 3.8) is 0 Å². The molecule has 0 aliphatic heterocycles. The van der Waals surface area contributed by atoms with Gasteiger partial charge in [-0.25, -0.2) is 17.9 Å². The van der Waals surface area contributed by atoms with E-state index in [-0.39, 0.29) is 17.3 Å². The summed E-state index contributed by atoms with van der Waals surface area (Å²) in [7, 11) is -2.16. The van der Waals surface area contributed by atoms with Crippen molar-refractivity contribution < 1.29 is 22.3 Å². The van der Waals surface area contributed by atoms with Crippen molar-refractivity contribution in [1.82, 2.24) is 5.32 Å². The molecule has 0 radical (unpaired) electrons. The third-order valence-corrected chi connectivity index (χ3v) is 6.11. The SMILES string of the molecule is COc1cc(CNCCc2ccc(S(N)(=O)=O)cc2)c(Cl)cc1OCc1ccccc1F. The smallest absolute Gasteiger partial charge is 0.238 e. The van der Waals surface area contributed by atoms with Crippen molar-refractivity contribution in [2.24, 2.45) is 5.14 Å². The number of nitrogens with two attached hydrogens (primary N) is 1. The molecule has 0 atom stereocenters. The zero-order chi connectivity index (χ0) is 23.1. The number of rotatable bonds is 10. The number of halogens is 2. The summed E-state index contributed by atoms with van der Waals surface area (Å²) >= 11 is 6.41. The molecule has 0 aliphatic carbocycles. The van der Waals surface area contributed by atoms with Gasteiger partial charge < -0.3 is 14.8 Å². The highest BCUT2D eigenvalue weighted by Crippen LogP contribution is 2.34. The van der Waals surface area contributed by atoms with Crippen molar-refractivity contribution >= 4 is 21.6 Å². The van der Waals surface area contributed by atoms with Crippen LogP contribution in [0.5, 0.6) is 11.5 Å². The van der Waals surface area contributed by atoms with E-state index >= 15 is 0 Å². The summed E-state index contributed by atoms with van der Waals surface area (Å²) in [5.74, 6) is 0.596. The average molecular weight is 479 g/mol. The molecule has 0 spiro atoms. The lowest BCUT2D eigenvalue weighted by Crippen LogP contribution is -2.17. The van der Waals surface area contributed by atoms with Gasteiger partial charge in [-0.1, -0.05) is 41.9 Å². The van der Waals surface area contributed by atoms with Gasteiger partial charge in [0.15, 0.2) is 11.5 Å². The topological polar surface area (TPSA) is 90.6 Å². The molecule has 3 rings (SSSR count). The summed E-state index contributed by atoms with van der Waals surface area (Å²) < 4.78 is 47.6. The number of nitrogens with one attached hydrogen (secondary N) is 1. The fourth-order valence-corrected chi connectivity index (χ4v) is 3.79. The molecule has 3 aromatic rings. The Morgan fingerprint density at radius 2 is 1.75 bits per heavy atom. The van der Waals surface area contributed by atoms with Crippen molar-refractivity contribution in [1.29, 1.82) is 0 Å². The van der Waals surface area contributed by atoms with E-state index in [1.165, 1.54) is 25.3 Å². The quantitative estimate of drug-likeness (QED) is 0.429. The zero-order valence-corrected chi connectivity index (χ0v) is 19.0. The maximum Gasteiger partial charge on any atom is 0.238 e. The maximum absolute atomic E-state index is 13.8. The van der Waals surface area contributed by atoms with Crippen LogP contribution in [0.1, 0.15) is 16.7 Å². The molecule has 0 saturated heterocycles. The van der Waals surface area contributed by atoms with Crippen molar-refractivity contribution in [2.45, 2.75) is 24.5 Å². The predicted octanol–water partition coefficient (Wildman–Crippen LogP) is 4.05. The number of hydrogen-bond donors (Lipinski definition) is 2. The maximum atomic E-state index is 13.8. The lowest BCUT2D eigenvalue weighted by atomic mass is 10.1. The average Bonchev–Trinajstić information content (AvgIpc) is 2.77. The second-order valence-electron chi connectivity index (χ2n) is 7.09. The van der Waals surface area contributed by atoms with E-state index in [1.54, 1.807) is 42.5 Å². The van der Waals surface area contributed by atoms with Crippen LogP contribution in [0, 0.1) is 5.82 Å². The van der Waals surface area contributed by atoms with E-state index in [1.807, 2.05) is 0 Å². The summed E-state index contributed by atoms with van der Waals surface area (Å²) in [5, 5.41) is 8.91. The minimum Gasteiger partial charge on any atom is -0.493 e. The molecule has 0 aromatic heterocycles. The molecule has 3 N–H and O–H groups in total. The van der Waals surface area contributed by atoms with Gasteiger partial charge in [0.2, 0.25) is 10.0 Å². The molecule has 0 bridgehead atoms. The number of sulfonamides is 1. The van der Waals surface area contributed by atoms with Gasteiger partial charge in [0.25, 0.3) is 0 Å². The van der Waals surface area contributed by atoms with E-state index < -0.39 is 10.0 Å². The number of benzene rings is 3. The predicted molar refractivity (Wildman–Crippen MR) is 122 cm³/mol. The van der Waals surface area contributed by atoms with Crippen LogP contribution in [-0.2, 0) is 29.6 Å². The van der Waals surface area contributed by atoms with E-state index in [2.05, 4.69) is 5.32 Å². The Bertz CT molecular complexity index is 1170. The molecule has 0 aliphatic rings. The number of ether oxygens (including phenoxy) is 2. The highest BCUT2D eigenvalue weighted by Gasteiger charge is 2.12. The number of hydrogen-bond acceptors (Lipinski definition) is 5. The van der Waals surface area contributed by atoms with Crippen LogP contribution in [-0.4, -0.2) is 22.1 Å². The molecule has 170 valence electrons. The van der Waals surface area contributed by atoms with Crippen LogP contribution in [0.15, 0.2) is 65.6 Å². The molecular weight excluding hydrogens is 455 g/mol. The van der Waals surface area contributed by atoms with Crippen LogP contribution in [0.25, 0.3) is 0 Å². The van der Waals surface area contributed by atoms with Gasteiger partial charge in [0.05, 0.1) is 12.0 Å². The van der Waals surface area contributed by atoms with E-state index in [0.717, 1.165) is 11.1 Å². The third-order valence-electron chi connectivity index (χ3n) is 4.83. The fourth-order valence-electron chi connectivity index (χ4n) is 3.06. The molecule has 3 aromatic carbocycles. The normalized spacial score (nSPS) is 11.4. The second kappa shape index (κ2) is 10.8. The lowest BCUT2D eigenvalue weighted by molar-refractivity contribution is 0.279. The molecule has 0 heterocycles. The van der Waals surface area contributed by atoms with Crippen molar-refractivity contribution in [3.05, 3.63) is 88.2 Å². The highest BCUT2D eigenvalue weighted by atomic mass is 35.5. The minimum absolute atomic E-state index is 0.0568. The molecular formula is C23H24ClFN2O4S. The molecule has 9 heteroatoms. The minimum atomic E-state index is -3.69. The number of methoxy groups -OCH3 is 1. The molecule has 0 fully saturated rings. The van der Waals surface area contributed by atoms with Gasteiger partial charge in [0, 0.05) is 23.2 Å². The Morgan fingerprint density at radius 3 is 2.41 bits per heavy atom. The molecule has 6 nitrogen and oxygen atoms in total. The molecule has 0 amide bonds. The summed E-state index contributed by atoms with van der Waals surface area (Å²) in [5.41, 5.74) is 2.24. The Kier molecular flexibility index (Phi) is 8.09. The van der Waals surface area contributed by atoms with Crippen LogP contribution >= 0.6 is 11.6 Å². The number of primary sulfonamides is 1. The van der Waals surface area contributed by atoms with E-state index in [0.29, 0.717) is 41.6 Å². The third kappa shape index (κ3) is 6.43.